The normalized spacial score (nSPS) is 25.4. The van der Waals surface area contributed by atoms with Crippen LogP contribution in [0.3, 0.4) is 0 Å². The summed E-state index contributed by atoms with van der Waals surface area (Å²) < 4.78 is 28.7. The summed E-state index contributed by atoms with van der Waals surface area (Å²) >= 11 is 5.77. The summed E-state index contributed by atoms with van der Waals surface area (Å²) in [6.07, 6.45) is 19.1. The van der Waals surface area contributed by atoms with Crippen LogP contribution in [0.5, 0.6) is 0 Å². The Hall–Kier alpha value is -1.41. The van der Waals surface area contributed by atoms with Gasteiger partial charge in [-0.3, -0.25) is 0 Å². The molecule has 0 atom stereocenters. The minimum absolute atomic E-state index is 0.0626. The molecule has 34 heavy (non-hydrogen) atoms. The monoisotopic (exact) mass is 486 g/mol. The Morgan fingerprint density at radius 3 is 1.91 bits per heavy atom. The second kappa shape index (κ2) is 12.5. The third kappa shape index (κ3) is 6.84. The highest BCUT2D eigenvalue weighted by atomic mass is 35.5. The fourth-order valence-electron chi connectivity index (χ4n) is 6.43. The lowest BCUT2D eigenvalue weighted by Crippen LogP contribution is -2.18. The maximum absolute atomic E-state index is 14.9. The fraction of sp³-hybridized carbons (Fsp3) is 0.613. The van der Waals surface area contributed by atoms with Crippen molar-refractivity contribution >= 4 is 11.6 Å². The topological polar surface area (TPSA) is 0 Å². The second-order valence-corrected chi connectivity index (χ2v) is 11.5. The average molecular weight is 487 g/mol. The molecule has 2 fully saturated rings. The van der Waals surface area contributed by atoms with Crippen LogP contribution >= 0.6 is 11.6 Å². The first kappa shape index (κ1) is 25.7. The molecule has 0 spiro atoms. The van der Waals surface area contributed by atoms with Crippen molar-refractivity contribution in [3.8, 4) is 11.1 Å². The molecule has 2 saturated carbocycles. The molecule has 0 N–H and O–H groups in total. The van der Waals surface area contributed by atoms with E-state index < -0.39 is 5.82 Å². The van der Waals surface area contributed by atoms with E-state index in [-0.39, 0.29) is 10.8 Å². The molecule has 2 aromatic rings. The van der Waals surface area contributed by atoms with Gasteiger partial charge in [0.05, 0.1) is 5.02 Å². The molecule has 2 aliphatic carbocycles. The van der Waals surface area contributed by atoms with Crippen molar-refractivity contribution in [3.05, 3.63) is 58.6 Å². The molecule has 0 radical (unpaired) electrons. The Balaban J connectivity index is 1.21. The highest BCUT2D eigenvalue weighted by Crippen LogP contribution is 2.41. The average Bonchev–Trinajstić information content (AvgIpc) is 2.86. The minimum atomic E-state index is -0.513. The van der Waals surface area contributed by atoms with Crippen LogP contribution in [0.2, 0.25) is 5.02 Å². The van der Waals surface area contributed by atoms with Crippen LogP contribution in [0, 0.1) is 29.4 Å². The summed E-state index contributed by atoms with van der Waals surface area (Å²) in [5.74, 6) is 2.47. The van der Waals surface area contributed by atoms with Crippen LogP contribution in [0.4, 0.5) is 8.78 Å². The predicted octanol–water partition coefficient (Wildman–Crippen LogP) is 10.7. The molecule has 0 unspecified atom stereocenters. The Morgan fingerprint density at radius 2 is 1.32 bits per heavy atom. The number of hydrogen-bond donors (Lipinski definition) is 0. The zero-order valence-corrected chi connectivity index (χ0v) is 21.6. The van der Waals surface area contributed by atoms with Crippen molar-refractivity contribution in [1.82, 2.24) is 0 Å². The lowest BCUT2D eigenvalue weighted by Gasteiger charge is -2.32. The van der Waals surface area contributed by atoms with Gasteiger partial charge < -0.3 is 0 Å². The van der Waals surface area contributed by atoms with Crippen LogP contribution in [0.25, 0.3) is 11.1 Å². The minimum Gasteiger partial charge on any atom is -0.206 e. The smallest absolute Gasteiger partial charge is 0.142 e. The van der Waals surface area contributed by atoms with Crippen molar-refractivity contribution < 1.29 is 8.78 Å². The third-order valence-electron chi connectivity index (χ3n) is 8.71. The first-order valence-electron chi connectivity index (χ1n) is 13.8. The van der Waals surface area contributed by atoms with Crippen LogP contribution < -0.4 is 0 Å². The van der Waals surface area contributed by atoms with Gasteiger partial charge in [-0.15, -0.1) is 0 Å². The van der Waals surface area contributed by atoms with E-state index in [1.54, 1.807) is 18.2 Å². The molecule has 186 valence electrons. The first-order valence-corrected chi connectivity index (χ1v) is 14.2. The summed E-state index contributed by atoms with van der Waals surface area (Å²) in [5, 5.41) is 0.0626. The van der Waals surface area contributed by atoms with Crippen molar-refractivity contribution in [2.75, 3.05) is 0 Å². The lowest BCUT2D eigenvalue weighted by molar-refractivity contribution is 0.222. The SMILES string of the molecule is CCCCC[C@H]1CC[C@H](CC[C@H]2CC[C@H](c3ccc(-c4ccc(Cl)c(F)c4)c(F)c3)CC2)CC1. The molecule has 2 aliphatic rings. The summed E-state index contributed by atoms with van der Waals surface area (Å²) in [6, 6.07) is 9.98. The van der Waals surface area contributed by atoms with E-state index in [4.69, 9.17) is 11.6 Å². The Labute approximate surface area is 210 Å². The molecule has 0 bridgehead atoms. The molecule has 0 aromatic heterocycles. The Morgan fingerprint density at radius 1 is 0.706 bits per heavy atom. The number of halogens is 3. The second-order valence-electron chi connectivity index (χ2n) is 11.0. The van der Waals surface area contributed by atoms with Gasteiger partial charge in [-0.1, -0.05) is 101 Å². The Kier molecular flexibility index (Phi) is 9.46. The van der Waals surface area contributed by atoms with Crippen LogP contribution in [0.15, 0.2) is 36.4 Å². The van der Waals surface area contributed by atoms with Gasteiger partial charge >= 0.3 is 0 Å². The largest absolute Gasteiger partial charge is 0.206 e. The van der Waals surface area contributed by atoms with E-state index >= 15 is 0 Å². The number of benzene rings is 2. The number of unbranched alkanes of at least 4 members (excludes halogenated alkanes) is 2. The summed E-state index contributed by atoms with van der Waals surface area (Å²) in [7, 11) is 0. The van der Waals surface area contributed by atoms with Crippen LogP contribution in [0.1, 0.15) is 108 Å². The van der Waals surface area contributed by atoms with Gasteiger partial charge in [0.2, 0.25) is 0 Å². The van der Waals surface area contributed by atoms with Gasteiger partial charge in [0.15, 0.2) is 0 Å². The first-order chi connectivity index (χ1) is 16.5. The molecule has 2 aromatic carbocycles. The van der Waals surface area contributed by atoms with Crippen LogP contribution in [-0.4, -0.2) is 0 Å². The quantitative estimate of drug-likeness (QED) is 0.309. The van der Waals surface area contributed by atoms with Gasteiger partial charge in [0, 0.05) is 5.56 Å². The summed E-state index contributed by atoms with van der Waals surface area (Å²) in [5.41, 5.74) is 2.06. The van der Waals surface area contributed by atoms with Crippen molar-refractivity contribution in [2.24, 2.45) is 17.8 Å². The van der Waals surface area contributed by atoms with Gasteiger partial charge in [-0.05, 0) is 78.7 Å². The molecular formula is C31H41ClF2. The van der Waals surface area contributed by atoms with Crippen molar-refractivity contribution in [3.63, 3.8) is 0 Å². The molecule has 0 saturated heterocycles. The predicted molar refractivity (Wildman–Crippen MR) is 140 cm³/mol. The summed E-state index contributed by atoms with van der Waals surface area (Å²) in [6.45, 7) is 2.30. The van der Waals surface area contributed by atoms with Gasteiger partial charge in [-0.2, -0.15) is 0 Å². The van der Waals surface area contributed by atoms with Crippen LogP contribution in [-0.2, 0) is 0 Å². The molecule has 0 heterocycles. The van der Waals surface area contributed by atoms with Gasteiger partial charge in [-0.25, -0.2) is 8.78 Å². The van der Waals surface area contributed by atoms with Gasteiger partial charge in [0.1, 0.15) is 11.6 Å². The molecule has 0 aliphatic heterocycles. The maximum Gasteiger partial charge on any atom is 0.142 e. The van der Waals surface area contributed by atoms with E-state index in [1.165, 1.54) is 89.2 Å². The molecule has 4 rings (SSSR count). The van der Waals surface area contributed by atoms with Crippen molar-refractivity contribution in [1.29, 1.82) is 0 Å². The lowest BCUT2D eigenvalue weighted by atomic mass is 9.74. The van der Waals surface area contributed by atoms with Gasteiger partial charge in [0.25, 0.3) is 0 Å². The third-order valence-corrected chi connectivity index (χ3v) is 9.01. The van der Waals surface area contributed by atoms with E-state index in [0.717, 1.165) is 36.2 Å². The van der Waals surface area contributed by atoms with E-state index in [2.05, 4.69) is 6.92 Å². The Bertz CT molecular complexity index is 908. The fourth-order valence-corrected chi connectivity index (χ4v) is 6.55. The zero-order valence-electron chi connectivity index (χ0n) is 20.8. The molecular weight excluding hydrogens is 446 g/mol. The number of hydrogen-bond acceptors (Lipinski definition) is 0. The molecule has 0 nitrogen and oxygen atoms in total. The van der Waals surface area contributed by atoms with E-state index in [1.807, 2.05) is 6.07 Å². The number of rotatable bonds is 9. The highest BCUT2D eigenvalue weighted by molar-refractivity contribution is 6.30. The zero-order chi connectivity index (χ0) is 23.9. The molecule has 3 heteroatoms. The maximum atomic E-state index is 14.9. The molecule has 0 amide bonds. The van der Waals surface area contributed by atoms with Crippen molar-refractivity contribution in [2.45, 2.75) is 103 Å². The van der Waals surface area contributed by atoms with E-state index in [0.29, 0.717) is 17.0 Å². The standard InChI is InChI=1S/C31H41ClF2/c1-2-3-4-5-22-6-8-23(9-7-22)10-11-24-12-14-25(15-13-24)26-16-18-28(30(33)20-26)27-17-19-29(32)31(34)21-27/h16-25H,2-15H2,1H3/t22-,23-,24-,25-. The van der Waals surface area contributed by atoms with E-state index in [9.17, 15) is 8.78 Å². The highest BCUT2D eigenvalue weighted by Gasteiger charge is 2.26. The summed E-state index contributed by atoms with van der Waals surface area (Å²) in [4.78, 5) is 0.